The van der Waals surface area contributed by atoms with Crippen molar-refractivity contribution in [2.45, 2.75) is 38.1 Å². The van der Waals surface area contributed by atoms with E-state index in [0.717, 1.165) is 70.5 Å². The molecule has 0 saturated carbocycles. The van der Waals surface area contributed by atoms with Crippen LogP contribution in [0.2, 0.25) is 0 Å². The second-order valence-corrected chi connectivity index (χ2v) is 8.55. The van der Waals surface area contributed by atoms with Gasteiger partial charge in [0.1, 0.15) is 0 Å². The molecule has 6 heteroatoms. The number of morpholine rings is 1. The molecule has 1 aromatic rings. The maximum Gasteiger partial charge on any atom is 0.227 e. The Balaban J connectivity index is 1.25. The van der Waals surface area contributed by atoms with E-state index < -0.39 is 0 Å². The maximum absolute atomic E-state index is 12.9. The van der Waals surface area contributed by atoms with Crippen molar-refractivity contribution in [3.8, 4) is 0 Å². The first-order valence-electron chi connectivity index (χ1n) is 11.1. The second-order valence-electron chi connectivity index (χ2n) is 8.55. The van der Waals surface area contributed by atoms with Gasteiger partial charge in [-0.05, 0) is 37.8 Å². The van der Waals surface area contributed by atoms with Crippen LogP contribution in [-0.2, 0) is 20.7 Å². The quantitative estimate of drug-likeness (QED) is 0.775. The van der Waals surface area contributed by atoms with Crippen molar-refractivity contribution in [3.05, 3.63) is 35.9 Å². The zero-order valence-corrected chi connectivity index (χ0v) is 17.3. The van der Waals surface area contributed by atoms with Gasteiger partial charge in [0.25, 0.3) is 0 Å². The summed E-state index contributed by atoms with van der Waals surface area (Å²) < 4.78 is 5.38. The molecule has 29 heavy (non-hydrogen) atoms. The van der Waals surface area contributed by atoms with E-state index in [9.17, 15) is 9.59 Å². The minimum atomic E-state index is 0.125. The molecule has 3 fully saturated rings. The molecule has 3 heterocycles. The van der Waals surface area contributed by atoms with Gasteiger partial charge in [0, 0.05) is 38.8 Å². The molecule has 3 saturated heterocycles. The standard InChI is InChI=1S/C23H33N3O3/c27-22(17-19-5-2-1-3-6-19)24-11-8-21(9-12-24)26-10-4-7-20(18-26)23(28)25-13-15-29-16-14-25/h1-3,5-6,20-21H,4,7-18H2/t20-/m1/s1. The molecule has 3 aliphatic heterocycles. The van der Waals surface area contributed by atoms with Gasteiger partial charge >= 0.3 is 0 Å². The Kier molecular flexibility index (Phi) is 6.82. The highest BCUT2D eigenvalue weighted by molar-refractivity contribution is 5.79. The van der Waals surface area contributed by atoms with Gasteiger partial charge in [-0.3, -0.25) is 14.5 Å². The monoisotopic (exact) mass is 399 g/mol. The number of amides is 2. The highest BCUT2D eigenvalue weighted by Gasteiger charge is 2.34. The molecule has 0 aromatic heterocycles. The smallest absolute Gasteiger partial charge is 0.227 e. The van der Waals surface area contributed by atoms with Crippen molar-refractivity contribution in [2.75, 3.05) is 52.5 Å². The predicted octanol–water partition coefficient (Wildman–Crippen LogP) is 1.79. The topological polar surface area (TPSA) is 53.1 Å². The van der Waals surface area contributed by atoms with E-state index >= 15 is 0 Å². The first-order valence-corrected chi connectivity index (χ1v) is 11.1. The van der Waals surface area contributed by atoms with Gasteiger partial charge < -0.3 is 14.5 Å². The highest BCUT2D eigenvalue weighted by Crippen LogP contribution is 2.25. The Morgan fingerprint density at radius 3 is 2.34 bits per heavy atom. The fourth-order valence-electron chi connectivity index (χ4n) is 4.94. The summed E-state index contributed by atoms with van der Waals surface area (Å²) in [6.07, 6.45) is 4.61. The average Bonchev–Trinajstić information content (AvgIpc) is 2.80. The van der Waals surface area contributed by atoms with E-state index in [0.29, 0.717) is 31.6 Å². The normalized spacial score (nSPS) is 24.5. The lowest BCUT2D eigenvalue weighted by molar-refractivity contribution is -0.142. The lowest BCUT2D eigenvalue weighted by Gasteiger charge is -2.43. The summed E-state index contributed by atoms with van der Waals surface area (Å²) in [5.41, 5.74) is 1.08. The number of nitrogens with zero attached hydrogens (tertiary/aromatic N) is 3. The molecule has 0 N–H and O–H groups in total. The van der Waals surface area contributed by atoms with Gasteiger partial charge in [0.05, 0.1) is 25.6 Å². The molecule has 4 rings (SSSR count). The number of benzene rings is 1. The minimum absolute atomic E-state index is 0.125. The Bertz CT molecular complexity index is 682. The van der Waals surface area contributed by atoms with E-state index in [1.807, 2.05) is 40.1 Å². The van der Waals surface area contributed by atoms with E-state index in [2.05, 4.69) is 4.90 Å². The number of likely N-dealkylation sites (tertiary alicyclic amines) is 2. The van der Waals surface area contributed by atoms with Crippen LogP contribution in [0.15, 0.2) is 30.3 Å². The lowest BCUT2D eigenvalue weighted by atomic mass is 9.92. The van der Waals surface area contributed by atoms with Gasteiger partial charge in [-0.15, -0.1) is 0 Å². The third-order valence-corrected chi connectivity index (χ3v) is 6.66. The summed E-state index contributed by atoms with van der Waals surface area (Å²) in [5.74, 6) is 0.668. The summed E-state index contributed by atoms with van der Waals surface area (Å²) in [4.78, 5) is 32.0. The molecule has 158 valence electrons. The summed E-state index contributed by atoms with van der Waals surface area (Å²) in [5, 5.41) is 0. The Labute approximate surface area is 173 Å². The van der Waals surface area contributed by atoms with Crippen LogP contribution >= 0.6 is 0 Å². The molecule has 0 spiro atoms. The van der Waals surface area contributed by atoms with Crippen LogP contribution in [0.1, 0.15) is 31.2 Å². The molecule has 0 unspecified atom stereocenters. The first kappa shape index (κ1) is 20.4. The van der Waals surface area contributed by atoms with E-state index in [1.165, 1.54) is 0 Å². The van der Waals surface area contributed by atoms with Crippen LogP contribution in [0.3, 0.4) is 0 Å². The number of ether oxygens (including phenoxy) is 1. The van der Waals surface area contributed by atoms with Gasteiger partial charge in [0.15, 0.2) is 0 Å². The van der Waals surface area contributed by atoms with Crippen molar-refractivity contribution in [1.29, 1.82) is 0 Å². The van der Waals surface area contributed by atoms with Gasteiger partial charge in [-0.1, -0.05) is 30.3 Å². The van der Waals surface area contributed by atoms with Crippen LogP contribution in [0.4, 0.5) is 0 Å². The third-order valence-electron chi connectivity index (χ3n) is 6.66. The van der Waals surface area contributed by atoms with Crippen LogP contribution < -0.4 is 0 Å². The van der Waals surface area contributed by atoms with Crippen LogP contribution in [0.5, 0.6) is 0 Å². The third kappa shape index (κ3) is 5.17. The molecule has 0 radical (unpaired) electrons. The molecule has 1 atom stereocenters. The van der Waals surface area contributed by atoms with Crippen molar-refractivity contribution in [1.82, 2.24) is 14.7 Å². The summed E-state index contributed by atoms with van der Waals surface area (Å²) in [6.45, 7) is 6.40. The Morgan fingerprint density at radius 1 is 0.897 bits per heavy atom. The lowest BCUT2D eigenvalue weighted by Crippen LogP contribution is -2.53. The number of rotatable bonds is 4. The second kappa shape index (κ2) is 9.72. The van der Waals surface area contributed by atoms with Crippen LogP contribution in [-0.4, -0.2) is 85.0 Å². The number of carbonyl (C=O) groups excluding carboxylic acids is 2. The Hall–Kier alpha value is -1.92. The Morgan fingerprint density at radius 2 is 1.62 bits per heavy atom. The first-order chi connectivity index (χ1) is 14.2. The predicted molar refractivity (Wildman–Crippen MR) is 111 cm³/mol. The van der Waals surface area contributed by atoms with Crippen LogP contribution in [0, 0.1) is 5.92 Å². The molecule has 0 bridgehead atoms. The minimum Gasteiger partial charge on any atom is -0.378 e. The average molecular weight is 400 g/mol. The van der Waals surface area contributed by atoms with Gasteiger partial charge in [-0.25, -0.2) is 0 Å². The fourth-order valence-corrected chi connectivity index (χ4v) is 4.94. The van der Waals surface area contributed by atoms with Crippen molar-refractivity contribution < 1.29 is 14.3 Å². The number of piperidine rings is 2. The zero-order valence-electron chi connectivity index (χ0n) is 17.3. The SMILES string of the molecule is O=C(Cc1ccccc1)N1CCC(N2CCC[C@@H](C(=O)N3CCOCC3)C2)CC1. The molecule has 2 amide bonds. The largest absolute Gasteiger partial charge is 0.378 e. The molecule has 0 aliphatic carbocycles. The summed E-state index contributed by atoms with van der Waals surface area (Å²) in [6, 6.07) is 10.5. The molecular weight excluding hydrogens is 366 g/mol. The van der Waals surface area contributed by atoms with Crippen molar-refractivity contribution in [2.24, 2.45) is 5.92 Å². The molecule has 3 aliphatic rings. The van der Waals surface area contributed by atoms with Gasteiger partial charge in [0.2, 0.25) is 11.8 Å². The van der Waals surface area contributed by atoms with E-state index in [4.69, 9.17) is 4.74 Å². The number of hydrogen-bond donors (Lipinski definition) is 0. The van der Waals surface area contributed by atoms with Crippen molar-refractivity contribution >= 4 is 11.8 Å². The van der Waals surface area contributed by atoms with Gasteiger partial charge in [-0.2, -0.15) is 0 Å². The van der Waals surface area contributed by atoms with Crippen LogP contribution in [0.25, 0.3) is 0 Å². The molecule has 1 aromatic carbocycles. The van der Waals surface area contributed by atoms with E-state index in [-0.39, 0.29) is 11.8 Å². The summed E-state index contributed by atoms with van der Waals surface area (Å²) in [7, 11) is 0. The fraction of sp³-hybridized carbons (Fsp3) is 0.652. The van der Waals surface area contributed by atoms with E-state index in [1.54, 1.807) is 0 Å². The maximum atomic E-state index is 12.9. The molecule has 6 nitrogen and oxygen atoms in total. The molecular formula is C23H33N3O3. The van der Waals surface area contributed by atoms with Crippen molar-refractivity contribution in [3.63, 3.8) is 0 Å². The summed E-state index contributed by atoms with van der Waals surface area (Å²) >= 11 is 0. The highest BCUT2D eigenvalue weighted by atomic mass is 16.5. The zero-order chi connectivity index (χ0) is 20.1. The number of hydrogen-bond acceptors (Lipinski definition) is 4. The number of carbonyl (C=O) groups is 2.